The first-order valence-corrected chi connectivity index (χ1v) is 6.30. The smallest absolute Gasteiger partial charge is 0.328 e. The number of ether oxygens (including phenoxy) is 1. The van der Waals surface area contributed by atoms with E-state index in [9.17, 15) is 4.79 Å². The van der Waals surface area contributed by atoms with Crippen molar-refractivity contribution in [1.29, 1.82) is 0 Å². The highest BCUT2D eigenvalue weighted by molar-refractivity contribution is 6.32. The van der Waals surface area contributed by atoms with Crippen LogP contribution in [0.3, 0.4) is 0 Å². The largest absolute Gasteiger partial charge is 0.478 e. The molecule has 0 saturated carbocycles. The van der Waals surface area contributed by atoms with Gasteiger partial charge in [0.2, 0.25) is 0 Å². The average molecular weight is 310 g/mol. The van der Waals surface area contributed by atoms with Crippen molar-refractivity contribution in [2.24, 2.45) is 0 Å². The van der Waals surface area contributed by atoms with Gasteiger partial charge in [0, 0.05) is 23.9 Å². The van der Waals surface area contributed by atoms with Crippen molar-refractivity contribution in [3.63, 3.8) is 0 Å². The summed E-state index contributed by atoms with van der Waals surface area (Å²) < 4.78 is 5.63. The molecule has 0 fully saturated rings. The van der Waals surface area contributed by atoms with E-state index in [4.69, 9.17) is 33.0 Å². The van der Waals surface area contributed by atoms with Crippen molar-refractivity contribution in [3.8, 4) is 11.5 Å². The fourth-order valence-corrected chi connectivity index (χ4v) is 1.89. The number of carboxylic acid groups (broad SMARTS) is 1. The van der Waals surface area contributed by atoms with Crippen LogP contribution < -0.4 is 4.74 Å². The SMILES string of the molecule is O=C(O)C=Cc1c(Cl)cccc1Oc1cncc(Cl)c1. The Morgan fingerprint density at radius 1 is 1.30 bits per heavy atom. The summed E-state index contributed by atoms with van der Waals surface area (Å²) in [7, 11) is 0. The molecule has 1 heterocycles. The van der Waals surface area contributed by atoms with E-state index in [1.165, 1.54) is 18.5 Å². The Bertz CT molecular complexity index is 671. The van der Waals surface area contributed by atoms with Crippen LogP contribution in [0.2, 0.25) is 10.0 Å². The lowest BCUT2D eigenvalue weighted by Gasteiger charge is -2.09. The maximum absolute atomic E-state index is 10.6. The number of hydrogen-bond donors (Lipinski definition) is 1. The van der Waals surface area contributed by atoms with E-state index in [2.05, 4.69) is 4.98 Å². The number of pyridine rings is 1. The Balaban J connectivity index is 2.36. The molecule has 0 bridgehead atoms. The van der Waals surface area contributed by atoms with Gasteiger partial charge in [0.25, 0.3) is 0 Å². The summed E-state index contributed by atoms with van der Waals surface area (Å²) in [4.78, 5) is 14.5. The summed E-state index contributed by atoms with van der Waals surface area (Å²) in [6.07, 6.45) is 5.34. The Labute approximate surface area is 125 Å². The molecule has 0 amide bonds. The van der Waals surface area contributed by atoms with Crippen LogP contribution in [-0.2, 0) is 4.79 Å². The second-order valence-electron chi connectivity index (χ2n) is 3.76. The van der Waals surface area contributed by atoms with Crippen LogP contribution in [-0.4, -0.2) is 16.1 Å². The molecule has 6 heteroatoms. The maximum Gasteiger partial charge on any atom is 0.328 e. The summed E-state index contributed by atoms with van der Waals surface area (Å²) in [5, 5.41) is 9.51. The molecule has 1 aromatic heterocycles. The van der Waals surface area contributed by atoms with Crippen LogP contribution in [0.15, 0.2) is 42.7 Å². The van der Waals surface area contributed by atoms with Gasteiger partial charge in [-0.3, -0.25) is 4.98 Å². The van der Waals surface area contributed by atoms with E-state index in [-0.39, 0.29) is 0 Å². The van der Waals surface area contributed by atoms with Gasteiger partial charge in [-0.25, -0.2) is 4.79 Å². The molecular weight excluding hydrogens is 301 g/mol. The number of benzene rings is 1. The van der Waals surface area contributed by atoms with Crippen molar-refractivity contribution in [2.45, 2.75) is 0 Å². The minimum Gasteiger partial charge on any atom is -0.478 e. The molecule has 0 unspecified atom stereocenters. The monoisotopic (exact) mass is 309 g/mol. The Hall–Kier alpha value is -2.04. The molecule has 2 rings (SSSR count). The number of aliphatic carboxylic acids is 1. The van der Waals surface area contributed by atoms with Gasteiger partial charge in [-0.1, -0.05) is 29.3 Å². The molecule has 1 aromatic carbocycles. The minimum atomic E-state index is -1.07. The molecule has 0 aliphatic rings. The lowest BCUT2D eigenvalue weighted by molar-refractivity contribution is -0.131. The van der Waals surface area contributed by atoms with Gasteiger partial charge < -0.3 is 9.84 Å². The lowest BCUT2D eigenvalue weighted by Crippen LogP contribution is -1.91. The van der Waals surface area contributed by atoms with Gasteiger partial charge in [-0.15, -0.1) is 0 Å². The highest BCUT2D eigenvalue weighted by Crippen LogP contribution is 2.31. The third-order valence-corrected chi connectivity index (χ3v) is 2.85. The Morgan fingerprint density at radius 3 is 2.80 bits per heavy atom. The molecule has 0 saturated heterocycles. The zero-order chi connectivity index (χ0) is 14.5. The molecule has 0 spiro atoms. The van der Waals surface area contributed by atoms with E-state index >= 15 is 0 Å². The Morgan fingerprint density at radius 2 is 2.10 bits per heavy atom. The fraction of sp³-hybridized carbons (Fsp3) is 0. The van der Waals surface area contributed by atoms with Crippen LogP contribution in [0.5, 0.6) is 11.5 Å². The van der Waals surface area contributed by atoms with Gasteiger partial charge in [0.1, 0.15) is 11.5 Å². The summed E-state index contributed by atoms with van der Waals surface area (Å²) in [6, 6.07) is 6.62. The number of hydrogen-bond acceptors (Lipinski definition) is 3. The van der Waals surface area contributed by atoms with Crippen LogP contribution in [0.25, 0.3) is 6.08 Å². The number of halogens is 2. The first-order chi connectivity index (χ1) is 9.56. The average Bonchev–Trinajstić information content (AvgIpc) is 2.38. The highest BCUT2D eigenvalue weighted by atomic mass is 35.5. The van der Waals surface area contributed by atoms with Crippen LogP contribution in [0.4, 0.5) is 0 Å². The van der Waals surface area contributed by atoms with Crippen molar-refractivity contribution in [1.82, 2.24) is 4.98 Å². The van der Waals surface area contributed by atoms with Crippen molar-refractivity contribution < 1.29 is 14.6 Å². The van der Waals surface area contributed by atoms with E-state index in [0.29, 0.717) is 27.1 Å². The van der Waals surface area contributed by atoms with E-state index in [1.807, 2.05) is 0 Å². The molecule has 0 aliphatic carbocycles. The van der Waals surface area contributed by atoms with Gasteiger partial charge >= 0.3 is 5.97 Å². The molecule has 4 nitrogen and oxygen atoms in total. The van der Waals surface area contributed by atoms with Crippen molar-refractivity contribution >= 4 is 35.2 Å². The first kappa shape index (κ1) is 14.4. The number of carboxylic acids is 1. The summed E-state index contributed by atoms with van der Waals surface area (Å²) in [6.45, 7) is 0. The predicted molar refractivity (Wildman–Crippen MR) is 77.4 cm³/mol. The second-order valence-corrected chi connectivity index (χ2v) is 4.61. The molecular formula is C14H9Cl2NO3. The minimum absolute atomic E-state index is 0.384. The van der Waals surface area contributed by atoms with Gasteiger partial charge in [0.05, 0.1) is 16.2 Å². The topological polar surface area (TPSA) is 59.4 Å². The zero-order valence-electron chi connectivity index (χ0n) is 10.1. The molecule has 0 radical (unpaired) electrons. The number of nitrogens with zero attached hydrogens (tertiary/aromatic N) is 1. The summed E-state index contributed by atoms with van der Waals surface area (Å²) in [5.41, 5.74) is 0.469. The van der Waals surface area contributed by atoms with Crippen LogP contribution >= 0.6 is 23.2 Å². The lowest BCUT2D eigenvalue weighted by atomic mass is 10.2. The van der Waals surface area contributed by atoms with Crippen LogP contribution in [0.1, 0.15) is 5.56 Å². The third-order valence-electron chi connectivity index (χ3n) is 2.31. The standard InChI is InChI=1S/C14H9Cl2NO3/c15-9-6-10(8-17-7-9)20-13-3-1-2-12(16)11(13)4-5-14(18)19/h1-8H,(H,18,19). The van der Waals surface area contributed by atoms with Crippen molar-refractivity contribution in [3.05, 3.63) is 58.3 Å². The number of aromatic nitrogens is 1. The third kappa shape index (κ3) is 3.73. The van der Waals surface area contributed by atoms with Crippen molar-refractivity contribution in [2.75, 3.05) is 0 Å². The zero-order valence-corrected chi connectivity index (χ0v) is 11.6. The quantitative estimate of drug-likeness (QED) is 0.856. The number of carbonyl (C=O) groups is 1. The molecule has 0 aliphatic heterocycles. The van der Waals surface area contributed by atoms with Gasteiger partial charge in [0.15, 0.2) is 0 Å². The second kappa shape index (κ2) is 6.41. The van der Waals surface area contributed by atoms with Gasteiger partial charge in [-0.2, -0.15) is 0 Å². The van der Waals surface area contributed by atoms with E-state index < -0.39 is 5.97 Å². The van der Waals surface area contributed by atoms with E-state index in [0.717, 1.165) is 6.08 Å². The van der Waals surface area contributed by atoms with Crippen LogP contribution in [0, 0.1) is 0 Å². The predicted octanol–water partition coefficient (Wildman–Crippen LogP) is 4.28. The van der Waals surface area contributed by atoms with Gasteiger partial charge in [-0.05, 0) is 18.2 Å². The number of rotatable bonds is 4. The summed E-state index contributed by atoms with van der Waals surface area (Å²) >= 11 is 11.9. The fourth-order valence-electron chi connectivity index (χ4n) is 1.50. The van der Waals surface area contributed by atoms with E-state index in [1.54, 1.807) is 24.3 Å². The maximum atomic E-state index is 10.6. The molecule has 20 heavy (non-hydrogen) atoms. The highest BCUT2D eigenvalue weighted by Gasteiger charge is 2.07. The first-order valence-electron chi connectivity index (χ1n) is 5.54. The molecule has 102 valence electrons. The molecule has 1 N–H and O–H groups in total. The summed E-state index contributed by atoms with van der Waals surface area (Å²) in [5.74, 6) is -0.218. The Kier molecular flexibility index (Phi) is 4.61. The molecule has 0 atom stereocenters. The molecule has 2 aromatic rings. The normalized spacial score (nSPS) is 10.7.